The summed E-state index contributed by atoms with van der Waals surface area (Å²) in [4.78, 5) is 3.28. The maximum Gasteiger partial charge on any atom is 0.417 e. The molecule has 1 aromatic heterocycles. The Morgan fingerprint density at radius 2 is 1.94 bits per heavy atom. The van der Waals surface area contributed by atoms with E-state index in [1.165, 1.54) is 22.6 Å². The highest BCUT2D eigenvalue weighted by Crippen LogP contribution is 2.38. The van der Waals surface area contributed by atoms with Crippen LogP contribution >= 0.6 is 34.2 Å². The molecule has 90 valence electrons. The molecule has 0 radical (unpaired) electrons. The number of nitrogens with zero attached hydrogens (tertiary/aromatic N) is 1. The van der Waals surface area contributed by atoms with Crippen molar-refractivity contribution in [2.75, 3.05) is 0 Å². The minimum absolute atomic E-state index is 0.245. The molecule has 1 nitrogen and oxygen atoms in total. The second-order valence-electron chi connectivity index (χ2n) is 2.78. The number of alkyl halides is 6. The number of rotatable bonds is 2. The van der Waals surface area contributed by atoms with Crippen LogP contribution in [-0.4, -0.2) is 4.98 Å². The maximum absolute atomic E-state index is 12.6. The highest BCUT2D eigenvalue weighted by molar-refractivity contribution is 14.1. The van der Waals surface area contributed by atoms with Gasteiger partial charge >= 0.3 is 6.18 Å². The van der Waals surface area contributed by atoms with Crippen LogP contribution in [0.25, 0.3) is 0 Å². The second-order valence-corrected chi connectivity index (χ2v) is 4.21. The van der Waals surface area contributed by atoms with Crippen LogP contribution in [0.4, 0.5) is 22.0 Å². The second kappa shape index (κ2) is 4.99. The molecule has 0 fully saturated rings. The van der Waals surface area contributed by atoms with E-state index in [-0.39, 0.29) is 3.57 Å². The molecule has 0 atom stereocenters. The van der Waals surface area contributed by atoms with Crippen molar-refractivity contribution >= 4 is 34.2 Å². The van der Waals surface area contributed by atoms with Crippen LogP contribution in [0, 0.1) is 3.57 Å². The minimum atomic E-state index is -4.71. The topological polar surface area (TPSA) is 12.9 Å². The zero-order valence-electron chi connectivity index (χ0n) is 7.45. The Balaban J connectivity index is 3.51. The Kier molecular flexibility index (Phi) is 4.33. The lowest BCUT2D eigenvalue weighted by Crippen LogP contribution is -2.14. The van der Waals surface area contributed by atoms with Crippen molar-refractivity contribution in [3.05, 3.63) is 26.6 Å². The molecule has 0 aliphatic rings. The first-order valence-electron chi connectivity index (χ1n) is 3.87. The molecular formula is C8H4ClF5IN. The van der Waals surface area contributed by atoms with Gasteiger partial charge in [0.1, 0.15) is 5.69 Å². The number of hydrogen-bond acceptors (Lipinski definition) is 1. The average Bonchev–Trinajstić information content (AvgIpc) is 2.14. The summed E-state index contributed by atoms with van der Waals surface area (Å²) in [5, 5.41) is 0. The van der Waals surface area contributed by atoms with Gasteiger partial charge in [-0.2, -0.15) is 13.2 Å². The summed E-state index contributed by atoms with van der Waals surface area (Å²) in [5.41, 5.74) is -2.70. The van der Waals surface area contributed by atoms with Gasteiger partial charge in [-0.25, -0.2) is 8.78 Å². The first-order chi connectivity index (χ1) is 7.29. The van der Waals surface area contributed by atoms with Gasteiger partial charge in [0.05, 0.1) is 11.4 Å². The van der Waals surface area contributed by atoms with Crippen molar-refractivity contribution in [2.24, 2.45) is 0 Å². The van der Waals surface area contributed by atoms with E-state index in [1.807, 2.05) is 0 Å². The molecule has 8 heteroatoms. The quantitative estimate of drug-likeness (QED) is 0.427. The molecule has 0 amide bonds. The predicted molar refractivity (Wildman–Crippen MR) is 56.5 cm³/mol. The van der Waals surface area contributed by atoms with Crippen LogP contribution < -0.4 is 0 Å². The van der Waals surface area contributed by atoms with Gasteiger partial charge < -0.3 is 0 Å². The highest BCUT2D eigenvalue weighted by Gasteiger charge is 2.38. The van der Waals surface area contributed by atoms with Crippen molar-refractivity contribution in [3.63, 3.8) is 0 Å². The summed E-state index contributed by atoms with van der Waals surface area (Å²) in [7, 11) is 0. The SMILES string of the molecule is FC(F)c1ncc(I)c(C(F)(F)F)c1CCl. The van der Waals surface area contributed by atoms with Crippen molar-refractivity contribution < 1.29 is 22.0 Å². The van der Waals surface area contributed by atoms with Gasteiger partial charge in [0.25, 0.3) is 6.43 Å². The number of halogens is 7. The summed E-state index contributed by atoms with van der Waals surface area (Å²) < 4.78 is 62.4. The summed E-state index contributed by atoms with van der Waals surface area (Å²) >= 11 is 6.67. The molecule has 0 spiro atoms. The van der Waals surface area contributed by atoms with Crippen LogP contribution in [-0.2, 0) is 12.1 Å². The lowest BCUT2D eigenvalue weighted by molar-refractivity contribution is -0.139. The van der Waals surface area contributed by atoms with Gasteiger partial charge in [-0.3, -0.25) is 4.98 Å². The van der Waals surface area contributed by atoms with Crippen molar-refractivity contribution in [1.29, 1.82) is 0 Å². The van der Waals surface area contributed by atoms with Crippen LogP contribution in [0.2, 0.25) is 0 Å². The van der Waals surface area contributed by atoms with Gasteiger partial charge in [0, 0.05) is 15.3 Å². The zero-order valence-corrected chi connectivity index (χ0v) is 10.4. The molecule has 16 heavy (non-hydrogen) atoms. The summed E-state index contributed by atoms with van der Waals surface area (Å²) in [5.74, 6) is -0.654. The van der Waals surface area contributed by atoms with Crippen LogP contribution in [0.1, 0.15) is 23.2 Å². The van der Waals surface area contributed by atoms with Crippen molar-refractivity contribution in [2.45, 2.75) is 18.5 Å². The molecule has 0 aliphatic heterocycles. The van der Waals surface area contributed by atoms with Crippen LogP contribution in [0.3, 0.4) is 0 Å². The summed E-state index contributed by atoms with van der Waals surface area (Å²) in [6.07, 6.45) is -7.03. The van der Waals surface area contributed by atoms with Gasteiger partial charge in [0.15, 0.2) is 0 Å². The van der Waals surface area contributed by atoms with E-state index in [9.17, 15) is 22.0 Å². The highest BCUT2D eigenvalue weighted by atomic mass is 127. The molecule has 0 saturated carbocycles. The third kappa shape index (κ3) is 2.73. The Morgan fingerprint density at radius 1 is 1.38 bits per heavy atom. The fraction of sp³-hybridized carbons (Fsp3) is 0.375. The lowest BCUT2D eigenvalue weighted by atomic mass is 10.1. The molecule has 0 aliphatic carbocycles. The van der Waals surface area contributed by atoms with E-state index in [1.54, 1.807) is 0 Å². The van der Waals surface area contributed by atoms with Gasteiger partial charge in [-0.05, 0) is 22.6 Å². The maximum atomic E-state index is 12.6. The van der Waals surface area contributed by atoms with Crippen LogP contribution in [0.5, 0.6) is 0 Å². The molecule has 1 rings (SSSR count). The lowest BCUT2D eigenvalue weighted by Gasteiger charge is -2.15. The fourth-order valence-corrected chi connectivity index (χ4v) is 2.21. The minimum Gasteiger partial charge on any atom is -0.254 e. The smallest absolute Gasteiger partial charge is 0.254 e. The predicted octanol–water partition coefficient (Wildman–Crippen LogP) is 4.38. The first-order valence-corrected chi connectivity index (χ1v) is 5.49. The Morgan fingerprint density at radius 3 is 2.31 bits per heavy atom. The van der Waals surface area contributed by atoms with E-state index in [4.69, 9.17) is 11.6 Å². The van der Waals surface area contributed by atoms with E-state index < -0.39 is 35.3 Å². The number of aromatic nitrogens is 1. The molecular weight excluding hydrogens is 367 g/mol. The van der Waals surface area contributed by atoms with Gasteiger partial charge in [-0.15, -0.1) is 11.6 Å². The van der Waals surface area contributed by atoms with Gasteiger partial charge in [0.2, 0.25) is 0 Å². The molecule has 1 aromatic rings. The molecule has 0 saturated heterocycles. The third-order valence-corrected chi connectivity index (χ3v) is 2.88. The van der Waals surface area contributed by atoms with Crippen molar-refractivity contribution in [1.82, 2.24) is 4.98 Å². The Bertz CT molecular complexity index is 393. The van der Waals surface area contributed by atoms with E-state index in [0.717, 1.165) is 6.20 Å². The molecule has 0 bridgehead atoms. The summed E-state index contributed by atoms with van der Waals surface area (Å²) in [6.45, 7) is 0. The number of pyridine rings is 1. The Hall–Kier alpha value is -0.180. The van der Waals surface area contributed by atoms with E-state index >= 15 is 0 Å². The van der Waals surface area contributed by atoms with Crippen LogP contribution in [0.15, 0.2) is 6.20 Å². The Labute approximate surface area is 106 Å². The summed E-state index contributed by atoms with van der Waals surface area (Å²) in [6, 6.07) is 0. The first kappa shape index (κ1) is 13.9. The van der Waals surface area contributed by atoms with Crippen molar-refractivity contribution in [3.8, 4) is 0 Å². The van der Waals surface area contributed by atoms with E-state index in [0.29, 0.717) is 0 Å². The normalized spacial score (nSPS) is 12.2. The zero-order chi connectivity index (χ0) is 12.5. The standard InChI is InChI=1S/C8H4ClF5IN/c9-1-3-5(8(12,13)14)4(15)2-16-6(3)7(10)11/h2,7H,1H2. The average molecular weight is 371 g/mol. The monoisotopic (exact) mass is 371 g/mol. The van der Waals surface area contributed by atoms with E-state index in [2.05, 4.69) is 4.98 Å². The number of hydrogen-bond donors (Lipinski definition) is 0. The molecule has 0 N–H and O–H groups in total. The third-order valence-electron chi connectivity index (χ3n) is 1.79. The fourth-order valence-electron chi connectivity index (χ4n) is 1.17. The van der Waals surface area contributed by atoms with Gasteiger partial charge in [-0.1, -0.05) is 0 Å². The molecule has 1 heterocycles. The molecule has 0 unspecified atom stereocenters. The largest absolute Gasteiger partial charge is 0.417 e. The molecule has 0 aromatic carbocycles.